The zero-order valence-corrected chi connectivity index (χ0v) is 23.2. The van der Waals surface area contributed by atoms with Crippen LogP contribution in [0.5, 0.6) is 5.75 Å². The van der Waals surface area contributed by atoms with Crippen LogP contribution in [0.1, 0.15) is 22.3 Å². The van der Waals surface area contributed by atoms with Gasteiger partial charge in [-0.1, -0.05) is 59.7 Å². The van der Waals surface area contributed by atoms with Gasteiger partial charge in [0.25, 0.3) is 5.91 Å². The maximum atomic E-state index is 13.9. The number of anilines is 1. The Hall–Kier alpha value is -3.68. The normalized spacial score (nSPS) is 15.5. The van der Waals surface area contributed by atoms with E-state index >= 15 is 0 Å². The Morgan fingerprint density at radius 1 is 0.947 bits per heavy atom. The number of carbonyl (C=O) groups is 1. The van der Waals surface area contributed by atoms with E-state index in [1.54, 1.807) is 29.2 Å². The molecule has 0 N–H and O–H groups in total. The number of ether oxygens (including phenoxy) is 1. The monoisotopic (exact) mass is 586 g/mol. The number of hydrogen-bond acceptors (Lipinski definition) is 4. The van der Waals surface area contributed by atoms with Crippen molar-refractivity contribution in [3.05, 3.63) is 128 Å². The van der Waals surface area contributed by atoms with Crippen LogP contribution in [0.3, 0.4) is 0 Å². The zero-order chi connectivity index (χ0) is 26.6. The van der Waals surface area contributed by atoms with Gasteiger partial charge in [0.1, 0.15) is 18.2 Å². The van der Waals surface area contributed by atoms with E-state index < -0.39 is 0 Å². The molecule has 1 aliphatic heterocycles. The number of carbonyl (C=O) groups excluding carboxylic acids is 1. The fourth-order valence-electron chi connectivity index (χ4n) is 3.85. The highest BCUT2D eigenvalue weighted by molar-refractivity contribution is 9.10. The quantitative estimate of drug-likeness (QED) is 0.212. The number of hydrogen-bond donors (Lipinski definition) is 0. The lowest BCUT2D eigenvalue weighted by Crippen LogP contribution is -2.28. The topological polar surface area (TPSA) is 41.9 Å². The lowest BCUT2D eigenvalue weighted by atomic mass is 10.2. The van der Waals surface area contributed by atoms with Crippen molar-refractivity contribution in [2.75, 3.05) is 4.90 Å². The van der Waals surface area contributed by atoms with Crippen LogP contribution in [0.2, 0.25) is 0 Å². The van der Waals surface area contributed by atoms with E-state index in [2.05, 4.69) is 15.9 Å². The number of aliphatic imine (C=N–C) groups is 1. The summed E-state index contributed by atoms with van der Waals surface area (Å²) in [5, 5.41) is 0.595. The van der Waals surface area contributed by atoms with Crippen molar-refractivity contribution in [2.45, 2.75) is 20.5 Å². The van der Waals surface area contributed by atoms with Crippen molar-refractivity contribution in [1.82, 2.24) is 0 Å². The molecule has 4 aromatic rings. The van der Waals surface area contributed by atoms with E-state index in [4.69, 9.17) is 9.73 Å². The van der Waals surface area contributed by atoms with E-state index in [-0.39, 0.29) is 18.3 Å². The molecule has 5 rings (SSSR count). The molecule has 190 valence electrons. The molecule has 4 aromatic carbocycles. The van der Waals surface area contributed by atoms with Crippen molar-refractivity contribution in [1.29, 1.82) is 0 Å². The van der Waals surface area contributed by atoms with E-state index in [0.717, 1.165) is 28.1 Å². The second-order valence-electron chi connectivity index (χ2n) is 8.89. The number of halogens is 2. The predicted molar refractivity (Wildman–Crippen MR) is 157 cm³/mol. The van der Waals surface area contributed by atoms with Crippen molar-refractivity contribution < 1.29 is 13.9 Å². The van der Waals surface area contributed by atoms with E-state index in [9.17, 15) is 9.18 Å². The van der Waals surface area contributed by atoms with Gasteiger partial charge in [-0.25, -0.2) is 9.38 Å². The largest absolute Gasteiger partial charge is 0.488 e. The fourth-order valence-corrected chi connectivity index (χ4v) is 5.36. The minimum absolute atomic E-state index is 0.115. The van der Waals surface area contributed by atoms with Crippen LogP contribution < -0.4 is 9.64 Å². The van der Waals surface area contributed by atoms with Gasteiger partial charge in [0.15, 0.2) is 5.17 Å². The van der Waals surface area contributed by atoms with E-state index in [1.807, 2.05) is 80.6 Å². The Kier molecular flexibility index (Phi) is 7.77. The molecule has 4 nitrogen and oxygen atoms in total. The van der Waals surface area contributed by atoms with Crippen LogP contribution in [0.15, 0.2) is 105 Å². The fraction of sp³-hybridized carbons (Fsp3) is 0.0968. The van der Waals surface area contributed by atoms with Crippen molar-refractivity contribution >= 4 is 56.2 Å². The highest BCUT2D eigenvalue weighted by Crippen LogP contribution is 2.38. The second kappa shape index (κ2) is 11.4. The summed E-state index contributed by atoms with van der Waals surface area (Å²) in [4.78, 5) is 20.6. The van der Waals surface area contributed by atoms with Crippen LogP contribution in [0, 0.1) is 19.7 Å². The molecule has 1 heterocycles. The molecule has 0 aliphatic carbocycles. The van der Waals surface area contributed by atoms with Gasteiger partial charge in [0.2, 0.25) is 0 Å². The van der Waals surface area contributed by atoms with Crippen molar-refractivity contribution in [3.63, 3.8) is 0 Å². The molecule has 38 heavy (non-hydrogen) atoms. The van der Waals surface area contributed by atoms with Gasteiger partial charge in [-0.2, -0.15) is 0 Å². The van der Waals surface area contributed by atoms with E-state index in [1.165, 1.54) is 17.8 Å². The van der Waals surface area contributed by atoms with Crippen LogP contribution in [0.25, 0.3) is 6.08 Å². The summed E-state index contributed by atoms with van der Waals surface area (Å²) in [5.41, 5.74) is 5.11. The molecule has 0 saturated carbocycles. The van der Waals surface area contributed by atoms with Crippen LogP contribution >= 0.6 is 27.7 Å². The first-order chi connectivity index (χ1) is 18.4. The Labute approximate surface area is 234 Å². The molecule has 0 aromatic heterocycles. The number of amidine groups is 1. The maximum Gasteiger partial charge on any atom is 0.271 e. The average Bonchev–Trinajstić information content (AvgIpc) is 3.20. The number of thioether (sulfide) groups is 1. The molecular formula is C31H24BrFN2O2S. The summed E-state index contributed by atoms with van der Waals surface area (Å²) in [6, 6.07) is 27.8. The van der Waals surface area contributed by atoms with Crippen molar-refractivity contribution in [3.8, 4) is 5.75 Å². The Balaban J connectivity index is 1.42. The summed E-state index contributed by atoms with van der Waals surface area (Å²) in [5.74, 6) is 0.146. The molecule has 0 radical (unpaired) electrons. The SMILES string of the molecule is Cc1ccc(N=C2S/C(=C\c3ccc(OCc4ccccc4F)c(Br)c3)C(=O)N2c2ccc(C)cc2)cc1. The van der Waals surface area contributed by atoms with Gasteiger partial charge in [0, 0.05) is 5.56 Å². The zero-order valence-electron chi connectivity index (χ0n) is 20.8. The Bertz CT molecular complexity index is 1550. The maximum absolute atomic E-state index is 13.9. The van der Waals surface area contributed by atoms with Crippen LogP contribution in [0.4, 0.5) is 15.8 Å². The highest BCUT2D eigenvalue weighted by Gasteiger charge is 2.34. The number of benzene rings is 4. The number of rotatable bonds is 6. The molecule has 1 amide bonds. The van der Waals surface area contributed by atoms with Crippen LogP contribution in [-0.2, 0) is 11.4 Å². The predicted octanol–water partition coefficient (Wildman–Crippen LogP) is 8.59. The third-order valence-electron chi connectivity index (χ3n) is 5.95. The van der Waals surface area contributed by atoms with Gasteiger partial charge in [-0.15, -0.1) is 0 Å². The highest BCUT2D eigenvalue weighted by atomic mass is 79.9. The van der Waals surface area contributed by atoms with Crippen molar-refractivity contribution in [2.24, 2.45) is 4.99 Å². The first kappa shape index (κ1) is 25.9. The lowest BCUT2D eigenvalue weighted by molar-refractivity contribution is -0.113. The van der Waals surface area contributed by atoms with Gasteiger partial charge in [-0.3, -0.25) is 9.69 Å². The van der Waals surface area contributed by atoms with Gasteiger partial charge in [-0.05, 0) is 95.6 Å². The summed E-state index contributed by atoms with van der Waals surface area (Å²) < 4.78 is 20.5. The standard InChI is InChI=1S/C31H24BrFN2O2S/c1-20-7-12-24(13-8-20)34-31-35(25-14-9-21(2)10-15-25)30(36)29(38-31)18-22-11-16-28(26(32)17-22)37-19-23-5-3-4-6-27(23)33/h3-18H,19H2,1-2H3/b29-18-,34-31?. The molecule has 0 spiro atoms. The van der Waals surface area contributed by atoms with Gasteiger partial charge >= 0.3 is 0 Å². The number of amides is 1. The minimum atomic E-state index is -0.303. The smallest absolute Gasteiger partial charge is 0.271 e. The minimum Gasteiger partial charge on any atom is -0.488 e. The molecule has 0 unspecified atom stereocenters. The van der Waals surface area contributed by atoms with Crippen LogP contribution in [-0.4, -0.2) is 11.1 Å². The third kappa shape index (κ3) is 5.90. The first-order valence-electron chi connectivity index (χ1n) is 12.0. The molecular weight excluding hydrogens is 563 g/mol. The molecule has 1 fully saturated rings. The lowest BCUT2D eigenvalue weighted by Gasteiger charge is -2.16. The molecule has 0 atom stereocenters. The Morgan fingerprint density at radius 3 is 2.32 bits per heavy atom. The van der Waals surface area contributed by atoms with Gasteiger partial charge in [0.05, 0.1) is 20.8 Å². The van der Waals surface area contributed by atoms with E-state index in [0.29, 0.717) is 25.9 Å². The average molecular weight is 588 g/mol. The molecule has 0 bridgehead atoms. The molecule has 1 aliphatic rings. The molecule has 1 saturated heterocycles. The summed E-state index contributed by atoms with van der Waals surface area (Å²) >= 11 is 4.89. The second-order valence-corrected chi connectivity index (χ2v) is 10.8. The third-order valence-corrected chi connectivity index (χ3v) is 7.54. The number of aryl methyl sites for hydroxylation is 2. The number of nitrogens with zero attached hydrogens (tertiary/aromatic N) is 2. The summed E-state index contributed by atoms with van der Waals surface area (Å²) in [6.07, 6.45) is 1.84. The summed E-state index contributed by atoms with van der Waals surface area (Å²) in [6.45, 7) is 4.15. The Morgan fingerprint density at radius 2 is 1.63 bits per heavy atom. The van der Waals surface area contributed by atoms with Gasteiger partial charge < -0.3 is 4.74 Å². The molecule has 7 heteroatoms. The summed E-state index contributed by atoms with van der Waals surface area (Å²) in [7, 11) is 0. The first-order valence-corrected chi connectivity index (χ1v) is 13.6.